The van der Waals surface area contributed by atoms with Crippen molar-refractivity contribution in [1.29, 1.82) is 0 Å². The second-order valence-corrected chi connectivity index (χ2v) is 11.4. The Kier molecular flexibility index (Phi) is 5.75. The highest BCUT2D eigenvalue weighted by molar-refractivity contribution is 7.89. The van der Waals surface area contributed by atoms with E-state index in [2.05, 4.69) is 25.3 Å². The van der Waals surface area contributed by atoms with Crippen molar-refractivity contribution in [3.05, 3.63) is 24.0 Å². The Labute approximate surface area is 174 Å². The molecule has 2 fully saturated rings. The summed E-state index contributed by atoms with van der Waals surface area (Å²) in [5, 5.41) is 0. The lowest BCUT2D eigenvalue weighted by Crippen LogP contribution is -2.35. The lowest BCUT2D eigenvalue weighted by atomic mass is 9.94. The average Bonchev–Trinajstić information content (AvgIpc) is 3.08. The van der Waals surface area contributed by atoms with Crippen molar-refractivity contribution in [1.82, 2.24) is 13.9 Å². The number of sulfonamides is 1. The summed E-state index contributed by atoms with van der Waals surface area (Å²) in [4.78, 5) is 5.28. The zero-order valence-corrected chi connectivity index (χ0v) is 18.7. The van der Waals surface area contributed by atoms with Gasteiger partial charge in [-0.05, 0) is 49.8 Å². The van der Waals surface area contributed by atoms with Crippen LogP contribution in [0.3, 0.4) is 0 Å². The van der Waals surface area contributed by atoms with Crippen molar-refractivity contribution in [3.8, 4) is 0 Å². The van der Waals surface area contributed by atoms with Gasteiger partial charge in [-0.3, -0.25) is 0 Å². The molecular formula is C22H33N3O3S. The van der Waals surface area contributed by atoms with Crippen molar-refractivity contribution in [2.45, 2.75) is 69.7 Å². The molecule has 0 atom stereocenters. The summed E-state index contributed by atoms with van der Waals surface area (Å²) in [6.07, 6.45) is 5.11. The summed E-state index contributed by atoms with van der Waals surface area (Å²) in [6, 6.07) is 5.49. The van der Waals surface area contributed by atoms with E-state index >= 15 is 0 Å². The molecule has 0 saturated carbocycles. The van der Waals surface area contributed by atoms with Crippen LogP contribution in [0.1, 0.15) is 58.7 Å². The Hall–Kier alpha value is -1.44. The van der Waals surface area contributed by atoms with Gasteiger partial charge in [0.15, 0.2) is 0 Å². The molecule has 0 amide bonds. The van der Waals surface area contributed by atoms with E-state index in [9.17, 15) is 8.42 Å². The number of nitrogens with zero attached hydrogens (tertiary/aromatic N) is 3. The summed E-state index contributed by atoms with van der Waals surface area (Å²) < 4.78 is 35.7. The lowest BCUT2D eigenvalue weighted by molar-refractivity contribution is 0.0611. The Morgan fingerprint density at radius 3 is 2.45 bits per heavy atom. The first-order chi connectivity index (χ1) is 13.8. The summed E-state index contributed by atoms with van der Waals surface area (Å²) in [6.45, 7) is 10.3. The molecule has 1 aromatic carbocycles. The monoisotopic (exact) mass is 419 g/mol. The minimum Gasteiger partial charge on any atom is -0.381 e. The predicted octanol–water partition coefficient (Wildman–Crippen LogP) is 3.94. The molecule has 6 nitrogen and oxygen atoms in total. The first-order valence-electron chi connectivity index (χ1n) is 10.9. The van der Waals surface area contributed by atoms with Gasteiger partial charge < -0.3 is 9.30 Å². The molecule has 0 N–H and O–H groups in total. The zero-order chi connectivity index (χ0) is 20.6. The molecule has 0 spiro atoms. The largest absolute Gasteiger partial charge is 0.381 e. The number of ether oxygens (including phenoxy) is 1. The van der Waals surface area contributed by atoms with Crippen molar-refractivity contribution >= 4 is 21.1 Å². The molecular weight excluding hydrogens is 386 g/mol. The lowest BCUT2D eigenvalue weighted by Gasteiger charge is -2.26. The van der Waals surface area contributed by atoms with Crippen molar-refractivity contribution < 1.29 is 13.2 Å². The number of fused-ring (bicyclic) bond motifs is 1. The summed E-state index contributed by atoms with van der Waals surface area (Å²) in [7, 11) is -3.45. The zero-order valence-electron chi connectivity index (χ0n) is 17.9. The predicted molar refractivity (Wildman–Crippen MR) is 115 cm³/mol. The topological polar surface area (TPSA) is 64.4 Å². The molecule has 0 unspecified atom stereocenters. The number of hydrogen-bond acceptors (Lipinski definition) is 4. The van der Waals surface area contributed by atoms with E-state index in [1.807, 2.05) is 6.07 Å². The van der Waals surface area contributed by atoms with Crippen LogP contribution < -0.4 is 0 Å². The molecule has 0 radical (unpaired) electrons. The molecule has 2 aliphatic heterocycles. The van der Waals surface area contributed by atoms with E-state index in [1.165, 1.54) is 0 Å². The molecule has 0 bridgehead atoms. The average molecular weight is 420 g/mol. The van der Waals surface area contributed by atoms with Gasteiger partial charge in [-0.25, -0.2) is 13.4 Å². The van der Waals surface area contributed by atoms with Crippen LogP contribution in [0, 0.1) is 5.92 Å². The molecule has 7 heteroatoms. The van der Waals surface area contributed by atoms with Crippen molar-refractivity contribution in [3.63, 3.8) is 0 Å². The highest BCUT2D eigenvalue weighted by Crippen LogP contribution is 2.31. The van der Waals surface area contributed by atoms with Crippen molar-refractivity contribution in [2.75, 3.05) is 26.3 Å². The van der Waals surface area contributed by atoms with Crippen molar-refractivity contribution in [2.24, 2.45) is 5.92 Å². The Bertz CT molecular complexity index is 963. The van der Waals surface area contributed by atoms with E-state index in [1.54, 1.807) is 16.4 Å². The van der Waals surface area contributed by atoms with Gasteiger partial charge >= 0.3 is 0 Å². The fraction of sp³-hybridized carbons (Fsp3) is 0.682. The number of hydrogen-bond donors (Lipinski definition) is 0. The Balaban J connectivity index is 1.73. The van der Waals surface area contributed by atoms with Crippen LogP contribution in [-0.2, 0) is 26.7 Å². The summed E-state index contributed by atoms with van der Waals surface area (Å²) >= 11 is 0. The number of aromatic nitrogens is 2. The Morgan fingerprint density at radius 2 is 1.79 bits per heavy atom. The summed E-state index contributed by atoms with van der Waals surface area (Å²) in [5.41, 5.74) is 1.69. The van der Waals surface area contributed by atoms with Gasteiger partial charge in [0.05, 0.1) is 15.9 Å². The minimum atomic E-state index is -3.45. The number of piperidine rings is 1. The SMILES string of the molecule is CC(C)(C)c1nc2cc(S(=O)(=O)N3CCCCC3)ccc2n1CC1CCOCC1. The summed E-state index contributed by atoms with van der Waals surface area (Å²) in [5.74, 6) is 1.59. The van der Waals surface area contributed by atoms with Crippen LogP contribution in [0.15, 0.2) is 23.1 Å². The van der Waals surface area contributed by atoms with E-state index in [4.69, 9.17) is 9.72 Å². The molecule has 2 aromatic rings. The second-order valence-electron chi connectivity index (χ2n) is 9.47. The van der Waals surface area contributed by atoms with Gasteiger partial charge in [0.25, 0.3) is 0 Å². The third-order valence-electron chi connectivity index (χ3n) is 6.12. The van der Waals surface area contributed by atoms with Gasteiger partial charge in [0.2, 0.25) is 10.0 Å². The quantitative estimate of drug-likeness (QED) is 0.753. The van der Waals surface area contributed by atoms with Crippen LogP contribution in [0.5, 0.6) is 0 Å². The molecule has 0 aliphatic carbocycles. The standard InChI is InChI=1S/C22H33N3O3S/c1-22(2,3)21-23-19-15-18(29(26,27)24-11-5-4-6-12-24)7-8-20(19)25(21)16-17-9-13-28-14-10-17/h7-8,15,17H,4-6,9-14,16H2,1-3H3. The molecule has 3 heterocycles. The van der Waals surface area contributed by atoms with Crippen LogP contribution in [0.4, 0.5) is 0 Å². The highest BCUT2D eigenvalue weighted by atomic mass is 32.2. The first kappa shape index (κ1) is 20.8. The van der Waals surface area contributed by atoms with Gasteiger partial charge in [-0.2, -0.15) is 4.31 Å². The number of rotatable bonds is 4. The molecule has 2 aliphatic rings. The van der Waals surface area contributed by atoms with Gasteiger partial charge in [0.1, 0.15) is 5.82 Å². The maximum absolute atomic E-state index is 13.1. The smallest absolute Gasteiger partial charge is 0.243 e. The van der Waals surface area contributed by atoms with E-state index in [-0.39, 0.29) is 5.41 Å². The number of benzene rings is 1. The molecule has 29 heavy (non-hydrogen) atoms. The van der Waals surface area contributed by atoms with E-state index < -0.39 is 10.0 Å². The molecule has 1 aromatic heterocycles. The second kappa shape index (κ2) is 8.00. The van der Waals surface area contributed by atoms with Crippen LogP contribution >= 0.6 is 0 Å². The fourth-order valence-electron chi connectivity index (χ4n) is 4.47. The van der Waals surface area contributed by atoms with Crippen LogP contribution in [0.2, 0.25) is 0 Å². The number of imidazole rings is 1. The molecule has 4 rings (SSSR count). The Morgan fingerprint density at radius 1 is 1.10 bits per heavy atom. The van der Waals surface area contributed by atoms with E-state index in [0.29, 0.717) is 23.9 Å². The van der Waals surface area contributed by atoms with Gasteiger partial charge in [-0.15, -0.1) is 0 Å². The fourth-order valence-corrected chi connectivity index (χ4v) is 6.01. The minimum absolute atomic E-state index is 0.115. The van der Waals surface area contributed by atoms with Gasteiger partial charge in [-0.1, -0.05) is 27.2 Å². The third-order valence-corrected chi connectivity index (χ3v) is 8.02. The van der Waals surface area contributed by atoms with Crippen LogP contribution in [-0.4, -0.2) is 48.6 Å². The molecule has 160 valence electrons. The van der Waals surface area contributed by atoms with E-state index in [0.717, 1.165) is 68.7 Å². The first-order valence-corrected chi connectivity index (χ1v) is 12.3. The third kappa shape index (κ3) is 4.23. The molecule has 2 saturated heterocycles. The highest BCUT2D eigenvalue weighted by Gasteiger charge is 2.29. The van der Waals surface area contributed by atoms with Crippen LogP contribution in [0.25, 0.3) is 11.0 Å². The maximum Gasteiger partial charge on any atom is 0.243 e. The normalized spacial score (nSPS) is 20.4. The maximum atomic E-state index is 13.1. The van der Waals surface area contributed by atoms with Gasteiger partial charge in [0, 0.05) is 38.3 Å².